The van der Waals surface area contributed by atoms with Crippen LogP contribution >= 0.6 is 0 Å². The Bertz CT molecular complexity index is 1210. The highest BCUT2D eigenvalue weighted by atomic mass is 16.5. The van der Waals surface area contributed by atoms with Crippen LogP contribution in [0.2, 0.25) is 0 Å². The maximum absolute atomic E-state index is 13.6. The molecule has 1 heterocycles. The zero-order chi connectivity index (χ0) is 22.6. The maximum atomic E-state index is 13.6. The van der Waals surface area contributed by atoms with Crippen molar-refractivity contribution in [1.82, 2.24) is 9.97 Å². The number of benzene rings is 1. The molecule has 4 rings (SSSR count). The summed E-state index contributed by atoms with van der Waals surface area (Å²) in [7, 11) is 1.29. The third-order valence-electron chi connectivity index (χ3n) is 7.32. The molecule has 2 aliphatic carbocycles. The number of ether oxygens (including phenoxy) is 2. The Morgan fingerprint density at radius 3 is 2.10 bits per heavy atom. The lowest BCUT2D eigenvalue weighted by Crippen LogP contribution is -2.48. The van der Waals surface area contributed by atoms with E-state index in [1.54, 1.807) is 0 Å². The molecule has 8 nitrogen and oxygen atoms in total. The smallest absolute Gasteiger partial charge is 0.337 e. The van der Waals surface area contributed by atoms with Gasteiger partial charge in [0.1, 0.15) is 23.3 Å². The van der Waals surface area contributed by atoms with Crippen LogP contribution in [0.25, 0.3) is 0 Å². The van der Waals surface area contributed by atoms with E-state index in [-0.39, 0.29) is 17.1 Å². The molecule has 31 heavy (non-hydrogen) atoms. The molecule has 2 aromatic rings. The highest BCUT2D eigenvalue weighted by Crippen LogP contribution is 2.70. The first-order valence-corrected chi connectivity index (χ1v) is 9.80. The molecule has 1 aromatic heterocycles. The van der Waals surface area contributed by atoms with Crippen LogP contribution in [0.3, 0.4) is 0 Å². The lowest BCUT2D eigenvalue weighted by molar-refractivity contribution is -0.145. The third kappa shape index (κ3) is 2.45. The van der Waals surface area contributed by atoms with E-state index in [1.807, 2.05) is 32.9 Å². The second-order valence-electron chi connectivity index (χ2n) is 8.61. The summed E-state index contributed by atoms with van der Waals surface area (Å²) in [6.45, 7) is 5.97. The second-order valence-corrected chi connectivity index (χ2v) is 8.61. The second kappa shape index (κ2) is 6.61. The van der Waals surface area contributed by atoms with E-state index in [9.17, 15) is 20.1 Å². The Morgan fingerprint density at radius 2 is 1.55 bits per heavy atom. The minimum atomic E-state index is -1.11. The number of carbonyl (C=O) groups excluding carboxylic acids is 2. The van der Waals surface area contributed by atoms with E-state index in [4.69, 9.17) is 4.74 Å². The Hall–Kier alpha value is -3.78. The fourth-order valence-corrected chi connectivity index (χ4v) is 5.06. The summed E-state index contributed by atoms with van der Waals surface area (Å²) >= 11 is 0. The first-order chi connectivity index (χ1) is 14.7. The number of hydrogen-bond donors (Lipinski definition) is 0. The van der Waals surface area contributed by atoms with Crippen LogP contribution in [0.1, 0.15) is 66.7 Å². The molecule has 2 aliphatic rings. The number of nitrogens with zero attached hydrogens (tertiary/aromatic N) is 4. The molecule has 8 heteroatoms. The van der Waals surface area contributed by atoms with Crippen molar-refractivity contribution in [1.29, 1.82) is 10.5 Å². The molecule has 156 valence electrons. The van der Waals surface area contributed by atoms with Gasteiger partial charge in [-0.3, -0.25) is 4.79 Å². The number of methoxy groups -OCH3 is 1. The number of aromatic nitrogens is 2. The summed E-state index contributed by atoms with van der Waals surface area (Å²) in [5.74, 6) is -0.692. The van der Waals surface area contributed by atoms with E-state index >= 15 is 0 Å². The Morgan fingerprint density at radius 1 is 0.968 bits per heavy atom. The highest BCUT2D eigenvalue weighted by Gasteiger charge is 2.74. The maximum Gasteiger partial charge on any atom is 0.337 e. The van der Waals surface area contributed by atoms with Gasteiger partial charge < -0.3 is 9.47 Å². The monoisotopic (exact) mass is 416 g/mol. The van der Waals surface area contributed by atoms with E-state index in [0.29, 0.717) is 29.8 Å². The predicted molar refractivity (Wildman–Crippen MR) is 107 cm³/mol. The molecule has 0 N–H and O–H groups in total. The molecular formula is C23H20N4O4. The molecule has 1 fully saturated rings. The molecule has 0 saturated heterocycles. The molecule has 1 saturated carbocycles. The fourth-order valence-electron chi connectivity index (χ4n) is 5.06. The highest BCUT2D eigenvalue weighted by molar-refractivity contribution is 5.91. The van der Waals surface area contributed by atoms with Crippen molar-refractivity contribution in [2.24, 2.45) is 5.41 Å². The van der Waals surface area contributed by atoms with Crippen molar-refractivity contribution in [3.63, 3.8) is 0 Å². The van der Waals surface area contributed by atoms with Gasteiger partial charge in [0.05, 0.1) is 24.1 Å². The van der Waals surface area contributed by atoms with Crippen molar-refractivity contribution in [2.75, 3.05) is 7.11 Å². The van der Waals surface area contributed by atoms with Crippen LogP contribution in [-0.2, 0) is 20.4 Å². The third-order valence-corrected chi connectivity index (χ3v) is 7.32. The summed E-state index contributed by atoms with van der Waals surface area (Å²) in [5, 5.41) is 18.8. The van der Waals surface area contributed by atoms with Crippen molar-refractivity contribution in [2.45, 2.75) is 44.4 Å². The average molecular weight is 416 g/mol. The number of rotatable bonds is 3. The van der Waals surface area contributed by atoms with Crippen molar-refractivity contribution < 1.29 is 19.1 Å². The van der Waals surface area contributed by atoms with Gasteiger partial charge in [0.15, 0.2) is 11.4 Å². The van der Waals surface area contributed by atoms with Crippen LogP contribution in [0.15, 0.2) is 24.3 Å². The van der Waals surface area contributed by atoms with Crippen LogP contribution in [-0.4, -0.2) is 29.0 Å². The van der Waals surface area contributed by atoms with Gasteiger partial charge in [0, 0.05) is 5.41 Å². The molecule has 0 amide bonds. The molecule has 0 spiro atoms. The zero-order valence-corrected chi connectivity index (χ0v) is 17.6. The molecule has 0 radical (unpaired) electrons. The number of fused-ring (bicyclic) bond motifs is 5. The Kier molecular flexibility index (Phi) is 4.37. The largest absolute Gasteiger partial charge is 0.465 e. The Balaban J connectivity index is 1.79. The van der Waals surface area contributed by atoms with E-state index in [1.165, 1.54) is 31.4 Å². The van der Waals surface area contributed by atoms with Gasteiger partial charge in [-0.1, -0.05) is 20.8 Å². The molecule has 2 bridgehead atoms. The van der Waals surface area contributed by atoms with Crippen molar-refractivity contribution >= 4 is 11.9 Å². The average Bonchev–Trinajstić information content (AvgIpc) is 3.07. The minimum Gasteiger partial charge on any atom is -0.465 e. The van der Waals surface area contributed by atoms with Gasteiger partial charge >= 0.3 is 11.9 Å². The van der Waals surface area contributed by atoms with Crippen molar-refractivity contribution in [3.05, 3.63) is 52.6 Å². The van der Waals surface area contributed by atoms with Crippen LogP contribution < -0.4 is 4.74 Å². The molecule has 2 unspecified atom stereocenters. The Labute approximate surface area is 179 Å². The van der Waals surface area contributed by atoms with Crippen LogP contribution in [0.5, 0.6) is 5.75 Å². The molecule has 2 atom stereocenters. The van der Waals surface area contributed by atoms with Crippen molar-refractivity contribution in [3.8, 4) is 17.9 Å². The number of carbonyl (C=O) groups is 2. The minimum absolute atomic E-state index is 0.0345. The molecule has 1 aromatic carbocycles. The topological polar surface area (TPSA) is 126 Å². The number of esters is 2. The summed E-state index contributed by atoms with van der Waals surface area (Å²) < 4.78 is 10.4. The van der Waals surface area contributed by atoms with Crippen LogP contribution in [0, 0.1) is 28.1 Å². The van der Waals surface area contributed by atoms with E-state index in [2.05, 4.69) is 14.7 Å². The molecular weight excluding hydrogens is 396 g/mol. The standard InChI is InChI=1S/C23H20N4O4/c1-21(2)22(3)9-10-23(21,18-17(22)26-15(11-24)16(12-25)27-18)20(29)31-14-7-5-13(6-8-14)19(28)30-4/h5-8H,9-10H2,1-4H3. The van der Waals surface area contributed by atoms with Crippen LogP contribution in [0.4, 0.5) is 0 Å². The normalized spacial score (nSPS) is 24.6. The summed E-state index contributed by atoms with van der Waals surface area (Å²) in [6.07, 6.45) is 1.17. The quantitative estimate of drug-likeness (QED) is 0.552. The van der Waals surface area contributed by atoms with E-state index in [0.717, 1.165) is 0 Å². The lowest BCUT2D eigenvalue weighted by Gasteiger charge is -2.38. The van der Waals surface area contributed by atoms with Gasteiger partial charge in [-0.2, -0.15) is 10.5 Å². The summed E-state index contributed by atoms with van der Waals surface area (Å²) in [6, 6.07) is 9.94. The summed E-state index contributed by atoms with van der Waals surface area (Å²) in [5.41, 5.74) is -1.00. The van der Waals surface area contributed by atoms with Gasteiger partial charge in [0.25, 0.3) is 0 Å². The zero-order valence-electron chi connectivity index (χ0n) is 17.6. The number of nitriles is 2. The summed E-state index contributed by atoms with van der Waals surface area (Å²) in [4.78, 5) is 34.2. The number of hydrogen-bond acceptors (Lipinski definition) is 8. The first kappa shape index (κ1) is 20.5. The fraction of sp³-hybridized carbons (Fsp3) is 0.391. The molecule has 0 aliphatic heterocycles. The van der Waals surface area contributed by atoms with Gasteiger partial charge in [-0.15, -0.1) is 0 Å². The van der Waals surface area contributed by atoms with E-state index < -0.39 is 28.2 Å². The SMILES string of the molecule is COC(=O)c1ccc(OC(=O)C23CCC(C)(c4nc(C#N)c(C#N)nc42)C3(C)C)cc1. The first-order valence-electron chi connectivity index (χ1n) is 9.80. The van der Waals surface area contributed by atoms with Gasteiger partial charge in [-0.25, -0.2) is 14.8 Å². The predicted octanol–water partition coefficient (Wildman–Crippen LogP) is 2.94. The van der Waals surface area contributed by atoms with Gasteiger partial charge in [-0.05, 0) is 42.5 Å². The lowest BCUT2D eigenvalue weighted by atomic mass is 9.64. The van der Waals surface area contributed by atoms with Gasteiger partial charge in [0.2, 0.25) is 0 Å².